The van der Waals surface area contributed by atoms with E-state index in [4.69, 9.17) is 9.73 Å². The third-order valence-electron chi connectivity index (χ3n) is 5.73. The molecule has 1 aliphatic rings. The van der Waals surface area contributed by atoms with Gasteiger partial charge in [-0.05, 0) is 61.6 Å². The second-order valence-electron chi connectivity index (χ2n) is 8.73. The topological polar surface area (TPSA) is 45.4 Å². The molecule has 0 unspecified atom stereocenters. The van der Waals surface area contributed by atoms with E-state index in [1.807, 2.05) is 30.5 Å². The van der Waals surface area contributed by atoms with Gasteiger partial charge in [-0.2, -0.15) is 5.26 Å². The molecule has 0 saturated heterocycles. The number of nitrogens with zero attached hydrogens (tertiary/aromatic N) is 2. The summed E-state index contributed by atoms with van der Waals surface area (Å²) in [5, 5.41) is 10.6. The zero-order valence-corrected chi connectivity index (χ0v) is 18.4. The summed E-state index contributed by atoms with van der Waals surface area (Å²) in [6.45, 7) is 11.1. The predicted octanol–water partition coefficient (Wildman–Crippen LogP) is 6.70. The smallest absolute Gasteiger partial charge is 0.134 e. The van der Waals surface area contributed by atoms with Crippen molar-refractivity contribution in [2.24, 2.45) is 16.3 Å². The molecule has 0 N–H and O–H groups in total. The van der Waals surface area contributed by atoms with Gasteiger partial charge in [0.15, 0.2) is 0 Å². The Morgan fingerprint density at radius 1 is 1.36 bits per heavy atom. The molecule has 1 aromatic heterocycles. The molecule has 0 spiro atoms. The minimum absolute atomic E-state index is 0.160. The second-order valence-corrected chi connectivity index (χ2v) is 9.82. The predicted molar refractivity (Wildman–Crippen MR) is 118 cm³/mol. The van der Waals surface area contributed by atoms with Crippen molar-refractivity contribution >= 4 is 22.6 Å². The molecule has 0 saturated carbocycles. The van der Waals surface area contributed by atoms with Crippen molar-refractivity contribution in [3.63, 3.8) is 0 Å². The van der Waals surface area contributed by atoms with Crippen LogP contribution in [0.5, 0.6) is 5.75 Å². The Labute approximate surface area is 173 Å². The summed E-state index contributed by atoms with van der Waals surface area (Å²) in [7, 11) is 0. The highest BCUT2D eigenvalue weighted by Gasteiger charge is 2.32. The maximum absolute atomic E-state index is 9.75. The average Bonchev–Trinajstić information content (AvgIpc) is 3.03. The normalized spacial score (nSPS) is 17.9. The first-order valence-electron chi connectivity index (χ1n) is 10.2. The van der Waals surface area contributed by atoms with Crippen LogP contribution in [0.4, 0.5) is 5.00 Å². The minimum Gasteiger partial charge on any atom is -0.490 e. The summed E-state index contributed by atoms with van der Waals surface area (Å²) in [4.78, 5) is 6.07. The van der Waals surface area contributed by atoms with Crippen LogP contribution in [-0.4, -0.2) is 12.3 Å². The van der Waals surface area contributed by atoms with Crippen LogP contribution in [0, 0.1) is 22.7 Å². The molecular weight excluding hydrogens is 364 g/mol. The first-order chi connectivity index (χ1) is 13.3. The van der Waals surface area contributed by atoms with Crippen LogP contribution in [0.25, 0.3) is 0 Å². The van der Waals surface area contributed by atoms with Crippen molar-refractivity contribution in [3.8, 4) is 11.8 Å². The molecule has 4 heteroatoms. The van der Waals surface area contributed by atoms with E-state index in [-0.39, 0.29) is 6.10 Å². The zero-order chi connectivity index (χ0) is 20.3. The Bertz CT molecular complexity index is 898. The van der Waals surface area contributed by atoms with Crippen LogP contribution >= 0.6 is 11.3 Å². The standard InChI is InChI=1S/C24H30N2OS/c1-6-16(2)27-21-10-8-7-9-17(21)15-26-23-20(14-25)19-12-11-18(24(3,4)5)13-22(19)28-23/h7-10,15-16,18H,6,11-13H2,1-5H3/t16-,18+/m1/s1. The van der Waals surface area contributed by atoms with E-state index in [9.17, 15) is 5.26 Å². The number of para-hydroxylation sites is 1. The van der Waals surface area contributed by atoms with E-state index in [2.05, 4.69) is 40.7 Å². The summed E-state index contributed by atoms with van der Waals surface area (Å²) in [6, 6.07) is 10.4. The molecule has 2 atom stereocenters. The van der Waals surface area contributed by atoms with E-state index in [0.29, 0.717) is 11.3 Å². The number of thiophene rings is 1. The van der Waals surface area contributed by atoms with Crippen molar-refractivity contribution in [2.45, 2.75) is 66.4 Å². The summed E-state index contributed by atoms with van der Waals surface area (Å²) >= 11 is 1.69. The van der Waals surface area contributed by atoms with Gasteiger partial charge in [0.25, 0.3) is 0 Å². The van der Waals surface area contributed by atoms with E-state index in [1.165, 1.54) is 10.4 Å². The quantitative estimate of drug-likeness (QED) is 0.530. The van der Waals surface area contributed by atoms with E-state index >= 15 is 0 Å². The van der Waals surface area contributed by atoms with Gasteiger partial charge >= 0.3 is 0 Å². The molecule has 2 aromatic rings. The summed E-state index contributed by atoms with van der Waals surface area (Å²) in [5.74, 6) is 1.50. The lowest BCUT2D eigenvalue weighted by Crippen LogP contribution is -2.26. The van der Waals surface area contributed by atoms with Gasteiger partial charge in [-0.3, -0.25) is 0 Å². The van der Waals surface area contributed by atoms with Crippen molar-refractivity contribution in [1.82, 2.24) is 0 Å². The Morgan fingerprint density at radius 3 is 2.79 bits per heavy atom. The lowest BCUT2D eigenvalue weighted by atomic mass is 9.72. The summed E-state index contributed by atoms with van der Waals surface area (Å²) in [6.07, 6.45) is 6.15. The van der Waals surface area contributed by atoms with Crippen molar-refractivity contribution in [1.29, 1.82) is 5.26 Å². The first-order valence-corrected chi connectivity index (χ1v) is 11.0. The molecule has 0 amide bonds. The molecule has 1 aromatic carbocycles. The minimum atomic E-state index is 0.160. The highest BCUT2D eigenvalue weighted by Crippen LogP contribution is 2.44. The van der Waals surface area contributed by atoms with E-state index in [1.54, 1.807) is 11.3 Å². The van der Waals surface area contributed by atoms with Gasteiger partial charge in [0, 0.05) is 16.7 Å². The molecule has 0 fully saturated rings. The molecule has 3 rings (SSSR count). The SMILES string of the molecule is CC[C@@H](C)Oc1ccccc1C=Nc1sc2c(c1C#N)CC[C@H](C(C)(C)C)C2. The summed E-state index contributed by atoms with van der Waals surface area (Å²) in [5.41, 5.74) is 3.24. The second kappa shape index (κ2) is 8.49. The van der Waals surface area contributed by atoms with Crippen LogP contribution in [0.1, 0.15) is 69.0 Å². The molecule has 28 heavy (non-hydrogen) atoms. The number of benzene rings is 1. The fourth-order valence-electron chi connectivity index (χ4n) is 3.64. The lowest BCUT2D eigenvalue weighted by Gasteiger charge is -2.33. The van der Waals surface area contributed by atoms with Gasteiger partial charge < -0.3 is 4.74 Å². The van der Waals surface area contributed by atoms with Crippen molar-refractivity contribution in [3.05, 3.63) is 45.8 Å². The molecule has 1 aliphatic carbocycles. The largest absolute Gasteiger partial charge is 0.490 e. The molecule has 0 radical (unpaired) electrons. The maximum Gasteiger partial charge on any atom is 0.134 e. The lowest BCUT2D eigenvalue weighted by molar-refractivity contribution is 0.217. The number of fused-ring (bicyclic) bond motifs is 1. The van der Waals surface area contributed by atoms with Crippen molar-refractivity contribution in [2.75, 3.05) is 0 Å². The number of rotatable bonds is 5. The maximum atomic E-state index is 9.75. The van der Waals surface area contributed by atoms with E-state index < -0.39 is 0 Å². The van der Waals surface area contributed by atoms with Crippen LogP contribution in [0.3, 0.4) is 0 Å². The first kappa shape index (κ1) is 20.6. The van der Waals surface area contributed by atoms with Crippen LogP contribution in [0.2, 0.25) is 0 Å². The number of hydrogen-bond acceptors (Lipinski definition) is 4. The molecular formula is C24H30N2OS. The number of aliphatic imine (C=N–C) groups is 1. The fourth-order valence-corrected chi connectivity index (χ4v) is 4.86. The number of hydrogen-bond donors (Lipinski definition) is 0. The Hall–Kier alpha value is -2.12. The van der Waals surface area contributed by atoms with Gasteiger partial charge in [-0.1, -0.05) is 39.8 Å². The molecule has 0 bridgehead atoms. The van der Waals surface area contributed by atoms with Gasteiger partial charge in [0.1, 0.15) is 16.8 Å². The van der Waals surface area contributed by atoms with Crippen LogP contribution < -0.4 is 4.74 Å². The number of ether oxygens (including phenoxy) is 1. The fraction of sp³-hybridized carbons (Fsp3) is 0.500. The zero-order valence-electron chi connectivity index (χ0n) is 17.6. The van der Waals surface area contributed by atoms with Gasteiger partial charge in [0.05, 0.1) is 11.7 Å². The van der Waals surface area contributed by atoms with Crippen molar-refractivity contribution < 1.29 is 4.74 Å². The Kier molecular flexibility index (Phi) is 6.25. The third-order valence-corrected chi connectivity index (χ3v) is 6.89. The van der Waals surface area contributed by atoms with E-state index in [0.717, 1.165) is 47.6 Å². The monoisotopic (exact) mass is 394 g/mol. The average molecular weight is 395 g/mol. The Balaban J connectivity index is 1.89. The highest BCUT2D eigenvalue weighted by molar-refractivity contribution is 7.16. The molecule has 1 heterocycles. The summed E-state index contributed by atoms with van der Waals surface area (Å²) < 4.78 is 6.02. The van der Waals surface area contributed by atoms with Crippen LogP contribution in [0.15, 0.2) is 29.3 Å². The molecule has 3 nitrogen and oxygen atoms in total. The van der Waals surface area contributed by atoms with Gasteiger partial charge in [-0.15, -0.1) is 11.3 Å². The number of nitriles is 1. The molecule has 0 aliphatic heterocycles. The molecule has 148 valence electrons. The van der Waals surface area contributed by atoms with Gasteiger partial charge in [0.2, 0.25) is 0 Å². The third kappa shape index (κ3) is 4.47. The Morgan fingerprint density at radius 2 is 2.11 bits per heavy atom. The highest BCUT2D eigenvalue weighted by atomic mass is 32.1. The van der Waals surface area contributed by atoms with Crippen LogP contribution in [-0.2, 0) is 12.8 Å². The van der Waals surface area contributed by atoms with Gasteiger partial charge in [-0.25, -0.2) is 4.99 Å².